The van der Waals surface area contributed by atoms with E-state index in [1.165, 1.54) is 5.56 Å². The van der Waals surface area contributed by atoms with Crippen LogP contribution in [0.4, 0.5) is 0 Å². The van der Waals surface area contributed by atoms with E-state index in [4.69, 9.17) is 5.10 Å². The van der Waals surface area contributed by atoms with Crippen LogP contribution in [0.2, 0.25) is 0 Å². The third-order valence-electron chi connectivity index (χ3n) is 5.68. The first-order valence-electron chi connectivity index (χ1n) is 9.89. The lowest BCUT2D eigenvalue weighted by atomic mass is 10.2. The maximum absolute atomic E-state index is 12.3. The van der Waals surface area contributed by atoms with Crippen molar-refractivity contribution in [3.05, 3.63) is 52.8 Å². The molecule has 2 aromatic rings. The highest BCUT2D eigenvalue weighted by Gasteiger charge is 2.41. The van der Waals surface area contributed by atoms with Gasteiger partial charge in [-0.1, -0.05) is 30.3 Å². The van der Waals surface area contributed by atoms with Gasteiger partial charge in [-0.25, -0.2) is 8.42 Å². The fraction of sp³-hybridized carbons (Fsp3) is 0.524. The molecule has 1 aromatic carbocycles. The first-order chi connectivity index (χ1) is 13.6. The van der Waals surface area contributed by atoms with Gasteiger partial charge in [0, 0.05) is 37.9 Å². The predicted molar refractivity (Wildman–Crippen MR) is 117 cm³/mol. The average Bonchev–Trinajstić information content (AvgIpc) is 2.93. The number of aromatic nitrogens is 2. The van der Waals surface area contributed by atoms with Crippen LogP contribution in [0.3, 0.4) is 0 Å². The molecule has 3 rings (SSSR count). The molecule has 0 radical (unpaired) electrons. The van der Waals surface area contributed by atoms with Crippen molar-refractivity contribution < 1.29 is 8.42 Å². The number of hydrogen-bond acceptors (Lipinski definition) is 4. The van der Waals surface area contributed by atoms with Crippen molar-refractivity contribution in [1.82, 2.24) is 20.0 Å². The molecule has 1 fully saturated rings. The second-order valence-electron chi connectivity index (χ2n) is 8.19. The van der Waals surface area contributed by atoms with E-state index in [-0.39, 0.29) is 5.75 Å². The highest BCUT2D eigenvalue weighted by molar-refractivity contribution is 7.92. The summed E-state index contributed by atoms with van der Waals surface area (Å²) < 4.78 is 25.8. The third-order valence-corrected chi connectivity index (χ3v) is 8.22. The van der Waals surface area contributed by atoms with Gasteiger partial charge < -0.3 is 10.2 Å². The number of rotatable bonds is 4. The van der Waals surface area contributed by atoms with Gasteiger partial charge in [-0.3, -0.25) is 9.67 Å². The van der Waals surface area contributed by atoms with Crippen LogP contribution >= 0.6 is 0 Å². The van der Waals surface area contributed by atoms with E-state index in [1.807, 2.05) is 34.7 Å². The number of benzene rings is 1. The molecule has 1 aromatic heterocycles. The average molecular weight is 418 g/mol. The summed E-state index contributed by atoms with van der Waals surface area (Å²) in [4.78, 5) is 6.41. The van der Waals surface area contributed by atoms with Crippen molar-refractivity contribution in [3.8, 4) is 0 Å². The third kappa shape index (κ3) is 4.47. The van der Waals surface area contributed by atoms with Gasteiger partial charge in [0.25, 0.3) is 0 Å². The second-order valence-corrected chi connectivity index (χ2v) is 10.9. The molecular formula is C21H31N5O2S. The molecular weight excluding hydrogens is 386 g/mol. The molecule has 158 valence electrons. The van der Waals surface area contributed by atoms with Crippen LogP contribution in [0.25, 0.3) is 0 Å². The van der Waals surface area contributed by atoms with E-state index in [9.17, 15) is 8.42 Å². The van der Waals surface area contributed by atoms with Crippen LogP contribution in [0.5, 0.6) is 0 Å². The van der Waals surface area contributed by atoms with Crippen LogP contribution in [0.1, 0.15) is 36.4 Å². The van der Waals surface area contributed by atoms with Crippen LogP contribution < -0.4 is 5.32 Å². The largest absolute Gasteiger partial charge is 0.352 e. The molecule has 1 N–H and O–H groups in total. The maximum Gasteiger partial charge on any atom is 0.193 e. The first-order valence-corrected chi connectivity index (χ1v) is 11.5. The van der Waals surface area contributed by atoms with Gasteiger partial charge in [0.05, 0.1) is 22.7 Å². The van der Waals surface area contributed by atoms with Crippen LogP contribution in [0.15, 0.2) is 35.3 Å². The minimum absolute atomic E-state index is 0.147. The Morgan fingerprint density at radius 1 is 1.24 bits per heavy atom. The Balaban J connectivity index is 1.70. The maximum atomic E-state index is 12.3. The monoisotopic (exact) mass is 417 g/mol. The van der Waals surface area contributed by atoms with E-state index in [0.29, 0.717) is 19.6 Å². The molecule has 0 amide bonds. The quantitative estimate of drug-likeness (QED) is 0.609. The molecule has 1 aliphatic heterocycles. The summed E-state index contributed by atoms with van der Waals surface area (Å²) in [5.74, 6) is 0.871. The summed E-state index contributed by atoms with van der Waals surface area (Å²) in [7, 11) is -1.35. The molecule has 1 saturated heterocycles. The van der Waals surface area contributed by atoms with E-state index in [0.717, 1.165) is 29.5 Å². The number of aliphatic imine (C=N–C) groups is 1. The summed E-state index contributed by atoms with van der Waals surface area (Å²) in [6.07, 6.45) is 0. The summed E-state index contributed by atoms with van der Waals surface area (Å²) in [5, 5.41) is 8.11. The van der Waals surface area contributed by atoms with Gasteiger partial charge in [-0.2, -0.15) is 5.10 Å². The number of nitrogens with zero attached hydrogens (tertiary/aromatic N) is 4. The molecule has 0 aliphatic carbocycles. The predicted octanol–water partition coefficient (Wildman–Crippen LogP) is 2.13. The zero-order valence-corrected chi connectivity index (χ0v) is 18.8. The zero-order valence-electron chi connectivity index (χ0n) is 17.9. The SMILES string of the molecule is CN=C(NCc1c(C)nn(Cc2ccccc2)c1C)N1CCS(=O)(=O)C(C)(C)C1. The lowest BCUT2D eigenvalue weighted by molar-refractivity contribution is 0.353. The summed E-state index contributed by atoms with van der Waals surface area (Å²) in [6.45, 7) is 9.89. The normalized spacial score (nSPS) is 18.7. The summed E-state index contributed by atoms with van der Waals surface area (Å²) in [5.41, 5.74) is 4.47. The summed E-state index contributed by atoms with van der Waals surface area (Å²) in [6, 6.07) is 10.3. The summed E-state index contributed by atoms with van der Waals surface area (Å²) >= 11 is 0. The number of hydrogen-bond donors (Lipinski definition) is 1. The Morgan fingerprint density at radius 2 is 1.93 bits per heavy atom. The first kappa shape index (κ1) is 21.4. The van der Waals surface area contributed by atoms with Gasteiger partial charge >= 0.3 is 0 Å². The highest BCUT2D eigenvalue weighted by atomic mass is 32.2. The van der Waals surface area contributed by atoms with Crippen molar-refractivity contribution in [1.29, 1.82) is 0 Å². The fourth-order valence-electron chi connectivity index (χ4n) is 3.72. The highest BCUT2D eigenvalue weighted by Crippen LogP contribution is 2.24. The van der Waals surface area contributed by atoms with E-state index < -0.39 is 14.6 Å². The Hall–Kier alpha value is -2.35. The molecule has 0 unspecified atom stereocenters. The smallest absolute Gasteiger partial charge is 0.193 e. The number of guanidine groups is 1. The molecule has 2 heterocycles. The van der Waals surface area contributed by atoms with Crippen molar-refractivity contribution in [2.75, 3.05) is 25.9 Å². The molecule has 7 nitrogen and oxygen atoms in total. The van der Waals surface area contributed by atoms with Crippen molar-refractivity contribution in [2.24, 2.45) is 4.99 Å². The number of nitrogens with one attached hydrogen (secondary N) is 1. The van der Waals surface area contributed by atoms with Gasteiger partial charge in [0.1, 0.15) is 0 Å². The van der Waals surface area contributed by atoms with Gasteiger partial charge in [0.2, 0.25) is 0 Å². The fourth-order valence-corrected chi connectivity index (χ4v) is 5.09. The van der Waals surface area contributed by atoms with E-state index >= 15 is 0 Å². The topological polar surface area (TPSA) is 79.6 Å². The minimum Gasteiger partial charge on any atom is -0.352 e. The van der Waals surface area contributed by atoms with Crippen LogP contribution in [-0.2, 0) is 22.9 Å². The lowest BCUT2D eigenvalue weighted by Gasteiger charge is -2.39. The van der Waals surface area contributed by atoms with Crippen LogP contribution in [-0.4, -0.2) is 59.7 Å². The minimum atomic E-state index is -3.08. The molecule has 0 bridgehead atoms. The number of aryl methyl sites for hydroxylation is 1. The Kier molecular flexibility index (Phi) is 6.03. The lowest BCUT2D eigenvalue weighted by Crippen LogP contribution is -2.57. The Bertz CT molecular complexity index is 994. The Morgan fingerprint density at radius 3 is 2.55 bits per heavy atom. The molecule has 0 atom stereocenters. The van der Waals surface area contributed by atoms with Crippen molar-refractivity contribution >= 4 is 15.8 Å². The van der Waals surface area contributed by atoms with Gasteiger partial charge in [0.15, 0.2) is 15.8 Å². The molecule has 1 aliphatic rings. The van der Waals surface area contributed by atoms with E-state index in [1.54, 1.807) is 20.9 Å². The number of sulfone groups is 1. The van der Waals surface area contributed by atoms with Crippen LogP contribution in [0, 0.1) is 13.8 Å². The molecule has 0 spiro atoms. The van der Waals surface area contributed by atoms with Gasteiger partial charge in [-0.05, 0) is 33.3 Å². The Labute approximate surface area is 173 Å². The standard InChI is InChI=1S/C21H31N5O2S/c1-16-19(17(2)26(24-16)14-18-9-7-6-8-10-18)13-23-20(22-5)25-11-12-29(27,28)21(3,4)15-25/h6-10H,11-15H2,1-5H3,(H,22,23). The molecule has 29 heavy (non-hydrogen) atoms. The van der Waals surface area contributed by atoms with Crippen molar-refractivity contribution in [2.45, 2.75) is 45.5 Å². The van der Waals surface area contributed by atoms with E-state index in [2.05, 4.69) is 29.4 Å². The molecule has 8 heteroatoms. The molecule has 0 saturated carbocycles. The van der Waals surface area contributed by atoms with Crippen molar-refractivity contribution in [3.63, 3.8) is 0 Å². The van der Waals surface area contributed by atoms with Gasteiger partial charge in [-0.15, -0.1) is 0 Å². The second kappa shape index (κ2) is 8.18. The zero-order chi connectivity index (χ0) is 21.2.